The predicted octanol–water partition coefficient (Wildman–Crippen LogP) is 2.81. The predicted molar refractivity (Wildman–Crippen MR) is 88.9 cm³/mol. The molecule has 0 aliphatic rings. The molecule has 0 atom stereocenters. The highest BCUT2D eigenvalue weighted by Gasteiger charge is 2.09. The number of ketones is 1. The molecule has 0 bridgehead atoms. The average Bonchev–Trinajstić information content (AvgIpc) is 2.53. The van der Waals surface area contributed by atoms with Crippen LogP contribution in [0.5, 0.6) is 0 Å². The number of aromatic nitrogens is 2. The van der Waals surface area contributed by atoms with Gasteiger partial charge in [0.25, 0.3) is 5.91 Å². The number of amides is 1. The molecule has 120 valence electrons. The van der Waals surface area contributed by atoms with E-state index in [1.165, 1.54) is 13.1 Å². The summed E-state index contributed by atoms with van der Waals surface area (Å²) in [5.74, 6) is 0.489. The fraction of sp³-hybridized carbons (Fsp3) is 0.294. The second kappa shape index (κ2) is 7.49. The van der Waals surface area contributed by atoms with Gasteiger partial charge in [0.15, 0.2) is 5.78 Å². The fourth-order valence-corrected chi connectivity index (χ4v) is 1.85. The summed E-state index contributed by atoms with van der Waals surface area (Å²) >= 11 is 0. The van der Waals surface area contributed by atoms with E-state index >= 15 is 0 Å². The maximum Gasteiger partial charge on any atom is 0.270 e. The minimum atomic E-state index is -0.226. The van der Waals surface area contributed by atoms with Gasteiger partial charge in [-0.05, 0) is 43.2 Å². The zero-order chi connectivity index (χ0) is 16.8. The van der Waals surface area contributed by atoms with Crippen molar-refractivity contribution < 1.29 is 9.59 Å². The number of nitrogens with zero attached hydrogens (tertiary/aromatic N) is 2. The highest BCUT2D eigenvalue weighted by molar-refractivity contribution is 5.94. The third-order valence-corrected chi connectivity index (χ3v) is 3.11. The molecule has 2 rings (SSSR count). The maximum atomic E-state index is 12.0. The standard InChI is InChI=1S/C17H20N4O2/c1-11(2)10-19-16(23)15-8-9-18-17(21-15)20-14-6-4-13(5-7-14)12(3)22/h4-9,11H,10H2,1-3H3,(H,19,23)(H,18,20,21). The molecule has 6 heteroatoms. The van der Waals surface area contributed by atoms with E-state index in [9.17, 15) is 9.59 Å². The molecule has 0 unspecified atom stereocenters. The van der Waals surface area contributed by atoms with Gasteiger partial charge in [-0.2, -0.15) is 0 Å². The minimum Gasteiger partial charge on any atom is -0.350 e. The molecule has 1 heterocycles. The molecule has 0 aliphatic carbocycles. The van der Waals surface area contributed by atoms with E-state index in [2.05, 4.69) is 20.6 Å². The van der Waals surface area contributed by atoms with E-state index in [1.54, 1.807) is 30.3 Å². The van der Waals surface area contributed by atoms with Crippen molar-refractivity contribution in [2.24, 2.45) is 5.92 Å². The number of rotatable bonds is 6. The van der Waals surface area contributed by atoms with E-state index < -0.39 is 0 Å². The highest BCUT2D eigenvalue weighted by Crippen LogP contribution is 2.14. The zero-order valence-corrected chi connectivity index (χ0v) is 13.5. The number of anilines is 2. The first-order valence-electron chi connectivity index (χ1n) is 7.45. The lowest BCUT2D eigenvalue weighted by atomic mass is 10.1. The van der Waals surface area contributed by atoms with E-state index in [-0.39, 0.29) is 11.7 Å². The van der Waals surface area contributed by atoms with Crippen LogP contribution < -0.4 is 10.6 Å². The minimum absolute atomic E-state index is 0.0108. The summed E-state index contributed by atoms with van der Waals surface area (Å²) in [7, 11) is 0. The van der Waals surface area contributed by atoms with Crippen molar-refractivity contribution in [3.05, 3.63) is 47.8 Å². The second-order valence-corrected chi connectivity index (χ2v) is 5.63. The topological polar surface area (TPSA) is 84.0 Å². The number of carbonyl (C=O) groups is 2. The molecule has 1 aromatic carbocycles. The van der Waals surface area contributed by atoms with Crippen molar-refractivity contribution in [2.75, 3.05) is 11.9 Å². The van der Waals surface area contributed by atoms with Crippen LogP contribution in [0.2, 0.25) is 0 Å². The number of hydrogen-bond acceptors (Lipinski definition) is 5. The van der Waals surface area contributed by atoms with Crippen LogP contribution in [0.15, 0.2) is 36.5 Å². The molecule has 0 saturated heterocycles. The number of nitrogens with one attached hydrogen (secondary N) is 2. The summed E-state index contributed by atoms with van der Waals surface area (Å²) < 4.78 is 0. The molecule has 23 heavy (non-hydrogen) atoms. The lowest BCUT2D eigenvalue weighted by Gasteiger charge is -2.09. The second-order valence-electron chi connectivity index (χ2n) is 5.63. The third kappa shape index (κ3) is 4.88. The van der Waals surface area contributed by atoms with Crippen molar-refractivity contribution in [1.82, 2.24) is 15.3 Å². The molecule has 0 saturated carbocycles. The summed E-state index contributed by atoms with van der Waals surface area (Å²) in [5, 5.41) is 5.83. The van der Waals surface area contributed by atoms with Crippen molar-refractivity contribution in [1.29, 1.82) is 0 Å². The van der Waals surface area contributed by atoms with E-state index in [1.807, 2.05) is 13.8 Å². The average molecular weight is 312 g/mol. The Morgan fingerprint density at radius 3 is 2.43 bits per heavy atom. The summed E-state index contributed by atoms with van der Waals surface area (Å²) in [6.45, 7) is 6.17. The van der Waals surface area contributed by atoms with Crippen LogP contribution in [0.25, 0.3) is 0 Å². The van der Waals surface area contributed by atoms with Crippen LogP contribution in [0.3, 0.4) is 0 Å². The Labute approximate surface area is 135 Å². The maximum absolute atomic E-state index is 12.0. The molecule has 0 radical (unpaired) electrons. The van der Waals surface area contributed by atoms with Gasteiger partial charge in [0.2, 0.25) is 5.95 Å². The molecule has 0 aliphatic heterocycles. The Bertz CT molecular complexity index is 696. The van der Waals surface area contributed by atoms with Gasteiger partial charge in [-0.1, -0.05) is 13.8 Å². The van der Waals surface area contributed by atoms with Crippen molar-refractivity contribution >= 4 is 23.3 Å². The Morgan fingerprint density at radius 2 is 1.83 bits per heavy atom. The van der Waals surface area contributed by atoms with Crippen LogP contribution in [0.4, 0.5) is 11.6 Å². The largest absolute Gasteiger partial charge is 0.350 e. The normalized spacial score (nSPS) is 10.4. The SMILES string of the molecule is CC(=O)c1ccc(Nc2nccc(C(=O)NCC(C)C)n2)cc1. The Balaban J connectivity index is 2.07. The van der Waals surface area contributed by atoms with Gasteiger partial charge in [0, 0.05) is 24.0 Å². The molecule has 2 N–H and O–H groups in total. The number of carbonyl (C=O) groups excluding carboxylic acids is 2. The summed E-state index contributed by atoms with van der Waals surface area (Å²) in [6, 6.07) is 8.56. The lowest BCUT2D eigenvalue weighted by Crippen LogP contribution is -2.28. The van der Waals surface area contributed by atoms with Gasteiger partial charge in [-0.3, -0.25) is 9.59 Å². The summed E-state index contributed by atoms with van der Waals surface area (Å²) in [6.07, 6.45) is 1.53. The Morgan fingerprint density at radius 1 is 1.13 bits per heavy atom. The first-order chi connectivity index (χ1) is 11.0. The molecule has 0 spiro atoms. The van der Waals surface area contributed by atoms with Gasteiger partial charge in [-0.25, -0.2) is 9.97 Å². The van der Waals surface area contributed by atoms with Crippen molar-refractivity contribution in [2.45, 2.75) is 20.8 Å². The molecular weight excluding hydrogens is 292 g/mol. The molecule has 0 fully saturated rings. The van der Waals surface area contributed by atoms with Crippen molar-refractivity contribution in [3.63, 3.8) is 0 Å². The van der Waals surface area contributed by atoms with Crippen molar-refractivity contribution in [3.8, 4) is 0 Å². The van der Waals surface area contributed by atoms with E-state index in [0.717, 1.165) is 5.69 Å². The smallest absolute Gasteiger partial charge is 0.270 e. The third-order valence-electron chi connectivity index (χ3n) is 3.11. The number of benzene rings is 1. The van der Waals surface area contributed by atoms with Crippen LogP contribution in [0, 0.1) is 5.92 Å². The number of Topliss-reactive ketones (excluding diaryl/α,β-unsaturated/α-hetero) is 1. The quantitative estimate of drug-likeness (QED) is 0.801. The first kappa shape index (κ1) is 16.6. The summed E-state index contributed by atoms with van der Waals surface area (Å²) in [4.78, 5) is 31.6. The first-order valence-corrected chi connectivity index (χ1v) is 7.45. The Hall–Kier alpha value is -2.76. The van der Waals surface area contributed by atoms with Crippen LogP contribution in [0.1, 0.15) is 41.6 Å². The zero-order valence-electron chi connectivity index (χ0n) is 13.5. The molecule has 6 nitrogen and oxygen atoms in total. The van der Waals surface area contributed by atoms with Gasteiger partial charge in [-0.15, -0.1) is 0 Å². The molecular formula is C17H20N4O2. The monoisotopic (exact) mass is 312 g/mol. The lowest BCUT2D eigenvalue weighted by molar-refractivity contribution is 0.0943. The van der Waals surface area contributed by atoms with Crippen LogP contribution >= 0.6 is 0 Å². The van der Waals surface area contributed by atoms with Gasteiger partial charge < -0.3 is 10.6 Å². The molecule has 1 amide bonds. The fourth-order valence-electron chi connectivity index (χ4n) is 1.85. The van der Waals surface area contributed by atoms with Gasteiger partial charge >= 0.3 is 0 Å². The van der Waals surface area contributed by atoms with Gasteiger partial charge in [0.05, 0.1) is 0 Å². The summed E-state index contributed by atoms with van der Waals surface area (Å²) in [5.41, 5.74) is 1.69. The molecule has 2 aromatic rings. The van der Waals surface area contributed by atoms with Crippen LogP contribution in [-0.2, 0) is 0 Å². The highest BCUT2D eigenvalue weighted by atomic mass is 16.1. The number of hydrogen-bond donors (Lipinski definition) is 2. The van der Waals surface area contributed by atoms with Crippen LogP contribution in [-0.4, -0.2) is 28.2 Å². The Kier molecular flexibility index (Phi) is 5.41. The molecule has 1 aromatic heterocycles. The van der Waals surface area contributed by atoms with E-state index in [4.69, 9.17) is 0 Å². The van der Waals surface area contributed by atoms with E-state index in [0.29, 0.717) is 29.7 Å². The van der Waals surface area contributed by atoms with Gasteiger partial charge in [0.1, 0.15) is 5.69 Å².